The number of benzene rings is 2. The molecule has 2 aromatic carbocycles. The second kappa shape index (κ2) is 10.0. The van der Waals surface area contributed by atoms with E-state index < -0.39 is 0 Å². The molecule has 31 heavy (non-hydrogen) atoms. The number of carbonyl (C=O) groups is 1. The summed E-state index contributed by atoms with van der Waals surface area (Å²) in [4.78, 5) is 13.3. The smallest absolute Gasteiger partial charge is 0.250 e. The van der Waals surface area contributed by atoms with Gasteiger partial charge in [0.2, 0.25) is 0 Å². The number of aromatic nitrogens is 3. The molecule has 6 nitrogen and oxygen atoms in total. The summed E-state index contributed by atoms with van der Waals surface area (Å²) >= 11 is 6.37. The quantitative estimate of drug-likeness (QED) is 0.207. The molecule has 2 heterocycles. The number of thioether (sulfide) groups is 1. The Bertz CT molecular complexity index is 1200. The lowest BCUT2D eigenvalue weighted by Crippen LogP contribution is -2.20. The van der Waals surface area contributed by atoms with E-state index in [2.05, 4.69) is 36.7 Å². The van der Waals surface area contributed by atoms with E-state index in [0.29, 0.717) is 5.16 Å². The zero-order valence-corrected chi connectivity index (χ0v) is 19.7. The summed E-state index contributed by atoms with van der Waals surface area (Å²) in [5.41, 5.74) is 5.58. The van der Waals surface area contributed by atoms with Crippen molar-refractivity contribution in [2.24, 2.45) is 5.10 Å². The number of aryl methyl sites for hydroxylation is 1. The number of thiophene rings is 1. The van der Waals surface area contributed by atoms with E-state index >= 15 is 0 Å². The van der Waals surface area contributed by atoms with Crippen LogP contribution in [0.25, 0.3) is 17.1 Å². The number of carbonyl (C=O) groups excluding carboxylic acids is 1. The highest BCUT2D eigenvalue weighted by molar-refractivity contribution is 9.10. The average molecular weight is 512 g/mol. The molecule has 9 heteroatoms. The van der Waals surface area contributed by atoms with Crippen LogP contribution in [0, 0.1) is 6.92 Å². The Morgan fingerprint density at radius 2 is 1.94 bits per heavy atom. The molecule has 0 aliphatic rings. The first-order valence-corrected chi connectivity index (χ1v) is 12.0. The Kier molecular flexibility index (Phi) is 6.96. The zero-order valence-electron chi connectivity index (χ0n) is 16.5. The second-order valence-electron chi connectivity index (χ2n) is 6.53. The van der Waals surface area contributed by atoms with Gasteiger partial charge in [-0.05, 0) is 48.2 Å². The van der Waals surface area contributed by atoms with Crippen LogP contribution in [-0.2, 0) is 4.79 Å². The van der Waals surface area contributed by atoms with Crippen LogP contribution in [0.5, 0.6) is 0 Å². The number of hydrazone groups is 1. The van der Waals surface area contributed by atoms with Gasteiger partial charge in [-0.1, -0.05) is 58.0 Å². The molecule has 0 saturated heterocycles. The molecule has 4 rings (SSSR count). The maximum atomic E-state index is 12.3. The van der Waals surface area contributed by atoms with E-state index in [1.807, 2.05) is 77.5 Å². The minimum absolute atomic E-state index is 0.171. The van der Waals surface area contributed by atoms with E-state index in [1.165, 1.54) is 11.8 Å². The molecule has 156 valence electrons. The Hall–Kier alpha value is -2.75. The molecule has 0 bridgehead atoms. The van der Waals surface area contributed by atoms with Crippen molar-refractivity contribution in [2.75, 3.05) is 5.75 Å². The summed E-state index contributed by atoms with van der Waals surface area (Å²) in [5.74, 6) is 0.684. The van der Waals surface area contributed by atoms with Crippen LogP contribution in [0.15, 0.2) is 80.8 Å². The molecule has 0 aliphatic heterocycles. The monoisotopic (exact) mass is 511 g/mol. The lowest BCUT2D eigenvalue weighted by Gasteiger charge is -2.10. The van der Waals surface area contributed by atoms with Crippen LogP contribution < -0.4 is 5.43 Å². The predicted molar refractivity (Wildman–Crippen MR) is 130 cm³/mol. The van der Waals surface area contributed by atoms with Gasteiger partial charge in [-0.15, -0.1) is 21.5 Å². The molecule has 1 N–H and O–H groups in total. The van der Waals surface area contributed by atoms with Gasteiger partial charge in [0.25, 0.3) is 5.91 Å². The molecule has 1 amide bonds. The van der Waals surface area contributed by atoms with Crippen LogP contribution in [-0.4, -0.2) is 32.6 Å². The lowest BCUT2D eigenvalue weighted by atomic mass is 10.2. The van der Waals surface area contributed by atoms with Crippen molar-refractivity contribution in [1.82, 2.24) is 20.2 Å². The van der Waals surface area contributed by atoms with Crippen molar-refractivity contribution >= 4 is 51.2 Å². The maximum absolute atomic E-state index is 12.3. The summed E-state index contributed by atoms with van der Waals surface area (Å²) in [5, 5.41) is 15.4. The number of hydrogen-bond acceptors (Lipinski definition) is 6. The first-order chi connectivity index (χ1) is 15.1. The molecule has 0 atom stereocenters. The Morgan fingerprint density at radius 1 is 1.16 bits per heavy atom. The minimum atomic E-state index is -0.206. The number of amides is 1. The summed E-state index contributed by atoms with van der Waals surface area (Å²) in [7, 11) is 0. The van der Waals surface area contributed by atoms with Crippen molar-refractivity contribution in [3.63, 3.8) is 0 Å². The average Bonchev–Trinajstić information content (AvgIpc) is 3.40. The standard InChI is InChI=1S/C22H18BrN5OS2/c1-15-11-12-30-19(15)13-24-25-20(29)14-31-22-27-26-21(16-5-3-2-4-6-16)28(22)18-9-7-17(23)8-10-18/h2-13H,14H2,1H3,(H,25,29)/b24-13-. The highest BCUT2D eigenvalue weighted by atomic mass is 79.9. The number of hydrogen-bond donors (Lipinski definition) is 1. The molecule has 0 spiro atoms. The third-order valence-electron chi connectivity index (χ3n) is 4.36. The lowest BCUT2D eigenvalue weighted by molar-refractivity contribution is -0.118. The van der Waals surface area contributed by atoms with Crippen LogP contribution in [0.1, 0.15) is 10.4 Å². The van der Waals surface area contributed by atoms with E-state index in [4.69, 9.17) is 0 Å². The largest absolute Gasteiger partial charge is 0.272 e. The summed E-state index contributed by atoms with van der Waals surface area (Å²) in [6.07, 6.45) is 1.67. The normalized spacial score (nSPS) is 11.2. The molecule has 0 saturated carbocycles. The van der Waals surface area contributed by atoms with Gasteiger partial charge < -0.3 is 0 Å². The molecule has 0 radical (unpaired) electrons. The highest BCUT2D eigenvalue weighted by Gasteiger charge is 2.17. The van der Waals surface area contributed by atoms with Crippen molar-refractivity contribution in [1.29, 1.82) is 0 Å². The van der Waals surface area contributed by atoms with Crippen molar-refractivity contribution in [3.05, 3.63) is 81.0 Å². The molecule has 0 unspecified atom stereocenters. The molecule has 2 aromatic heterocycles. The molecular weight excluding hydrogens is 494 g/mol. The zero-order chi connectivity index (χ0) is 21.6. The number of nitrogens with zero attached hydrogens (tertiary/aromatic N) is 4. The van der Waals surface area contributed by atoms with Gasteiger partial charge in [-0.25, -0.2) is 5.43 Å². The van der Waals surface area contributed by atoms with E-state index in [1.54, 1.807) is 17.6 Å². The minimum Gasteiger partial charge on any atom is -0.272 e. The topological polar surface area (TPSA) is 72.2 Å². The molecule has 0 aliphatic carbocycles. The molecular formula is C22H18BrN5OS2. The number of nitrogens with one attached hydrogen (secondary N) is 1. The first-order valence-electron chi connectivity index (χ1n) is 9.37. The van der Waals surface area contributed by atoms with Gasteiger partial charge in [0.1, 0.15) is 0 Å². The van der Waals surface area contributed by atoms with Crippen LogP contribution in [0.3, 0.4) is 0 Å². The van der Waals surface area contributed by atoms with Gasteiger partial charge >= 0.3 is 0 Å². The fourth-order valence-corrected chi connectivity index (χ4v) is 4.60. The summed E-state index contributed by atoms with van der Waals surface area (Å²) < 4.78 is 2.94. The third-order valence-corrected chi connectivity index (χ3v) is 6.77. The van der Waals surface area contributed by atoms with Gasteiger partial charge in [-0.3, -0.25) is 9.36 Å². The summed E-state index contributed by atoms with van der Waals surface area (Å²) in [6.45, 7) is 2.01. The van der Waals surface area contributed by atoms with Gasteiger partial charge in [0.05, 0.1) is 12.0 Å². The highest BCUT2D eigenvalue weighted by Crippen LogP contribution is 2.28. The van der Waals surface area contributed by atoms with Crippen LogP contribution in [0.4, 0.5) is 0 Å². The number of rotatable bonds is 7. The second-order valence-corrected chi connectivity index (χ2v) is 9.34. The van der Waals surface area contributed by atoms with Crippen LogP contribution in [0.2, 0.25) is 0 Å². The third kappa shape index (κ3) is 5.30. The van der Waals surface area contributed by atoms with Gasteiger partial charge in [-0.2, -0.15) is 5.10 Å². The van der Waals surface area contributed by atoms with Gasteiger partial charge in [0, 0.05) is 20.6 Å². The maximum Gasteiger partial charge on any atom is 0.250 e. The van der Waals surface area contributed by atoms with E-state index in [9.17, 15) is 4.79 Å². The molecule has 0 fully saturated rings. The Morgan fingerprint density at radius 3 is 2.65 bits per heavy atom. The van der Waals surface area contributed by atoms with E-state index in [-0.39, 0.29) is 11.7 Å². The fraction of sp³-hybridized carbons (Fsp3) is 0.0909. The van der Waals surface area contributed by atoms with Gasteiger partial charge in [0.15, 0.2) is 11.0 Å². The van der Waals surface area contributed by atoms with Crippen molar-refractivity contribution in [2.45, 2.75) is 12.1 Å². The Balaban J connectivity index is 1.52. The van der Waals surface area contributed by atoms with Crippen molar-refractivity contribution < 1.29 is 4.79 Å². The summed E-state index contributed by atoms with van der Waals surface area (Å²) in [6, 6.07) is 19.8. The number of halogens is 1. The SMILES string of the molecule is Cc1ccsc1/C=N\NC(=O)CSc1nnc(-c2ccccc2)n1-c1ccc(Br)cc1. The Labute approximate surface area is 196 Å². The van der Waals surface area contributed by atoms with E-state index in [0.717, 1.165) is 32.0 Å². The fourth-order valence-electron chi connectivity index (χ4n) is 2.80. The molecule has 4 aromatic rings. The van der Waals surface area contributed by atoms with Crippen molar-refractivity contribution in [3.8, 4) is 17.1 Å². The van der Waals surface area contributed by atoms with Crippen LogP contribution >= 0.6 is 39.0 Å². The predicted octanol–water partition coefficient (Wildman–Crippen LogP) is 5.31. The first kappa shape index (κ1) is 21.5.